The molecule has 1 atom stereocenters. The molecule has 0 aliphatic carbocycles. The van der Waals surface area contributed by atoms with Crippen LogP contribution in [-0.4, -0.2) is 65.6 Å². The summed E-state index contributed by atoms with van der Waals surface area (Å²) < 4.78 is 5.76. The van der Waals surface area contributed by atoms with Crippen LogP contribution in [-0.2, 0) is 9.59 Å². The van der Waals surface area contributed by atoms with Gasteiger partial charge in [0.2, 0.25) is 0 Å². The van der Waals surface area contributed by atoms with Gasteiger partial charge in [-0.15, -0.1) is 0 Å². The van der Waals surface area contributed by atoms with Gasteiger partial charge in [0.1, 0.15) is 5.75 Å². The number of aryl methyl sites for hydroxylation is 1. The van der Waals surface area contributed by atoms with Crippen molar-refractivity contribution < 1.29 is 19.4 Å². The number of amides is 1. The summed E-state index contributed by atoms with van der Waals surface area (Å²) in [5, 5.41) is 8.67. The summed E-state index contributed by atoms with van der Waals surface area (Å²) in [6.45, 7) is 7.42. The van der Waals surface area contributed by atoms with E-state index in [9.17, 15) is 9.59 Å². The Morgan fingerprint density at radius 3 is 2.58 bits per heavy atom. The number of ether oxygens (including phenoxy) is 1. The molecule has 0 saturated carbocycles. The molecule has 1 aliphatic rings. The number of rotatable bonds is 7. The minimum absolute atomic E-state index is 0.00157. The third-order valence-electron chi connectivity index (χ3n) is 4.20. The van der Waals surface area contributed by atoms with Crippen LogP contribution in [0, 0.1) is 6.92 Å². The van der Waals surface area contributed by atoms with Crippen LogP contribution in [0.3, 0.4) is 0 Å². The third kappa shape index (κ3) is 5.53. The summed E-state index contributed by atoms with van der Waals surface area (Å²) in [5.74, 6) is -0.0456. The van der Waals surface area contributed by atoms with Crippen molar-refractivity contribution in [3.8, 4) is 5.75 Å². The van der Waals surface area contributed by atoms with Crippen LogP contribution >= 0.6 is 0 Å². The third-order valence-corrected chi connectivity index (χ3v) is 4.20. The van der Waals surface area contributed by atoms with E-state index < -0.39 is 12.1 Å². The Morgan fingerprint density at radius 2 is 1.96 bits per heavy atom. The molecule has 1 aromatic rings. The Morgan fingerprint density at radius 1 is 1.25 bits per heavy atom. The highest BCUT2D eigenvalue weighted by Crippen LogP contribution is 2.15. The number of benzene rings is 1. The Hall–Kier alpha value is -2.08. The molecule has 0 aromatic heterocycles. The molecule has 24 heavy (non-hydrogen) atoms. The molecule has 1 N–H and O–H groups in total. The second-order valence-electron chi connectivity index (χ2n) is 6.24. The average molecular weight is 334 g/mol. The number of aliphatic carboxylic acids is 1. The van der Waals surface area contributed by atoms with Gasteiger partial charge in [-0.3, -0.25) is 14.5 Å². The molecule has 1 fully saturated rings. The van der Waals surface area contributed by atoms with Gasteiger partial charge in [0.05, 0.1) is 0 Å². The maximum atomic E-state index is 12.5. The van der Waals surface area contributed by atoms with E-state index in [0.29, 0.717) is 25.3 Å². The zero-order valence-electron chi connectivity index (χ0n) is 14.4. The van der Waals surface area contributed by atoms with Crippen molar-refractivity contribution in [3.63, 3.8) is 0 Å². The number of carboxylic acid groups (broad SMARTS) is 1. The Bertz CT molecular complexity index is 568. The number of carboxylic acids is 1. The van der Waals surface area contributed by atoms with Crippen molar-refractivity contribution in [3.05, 3.63) is 29.8 Å². The molecular weight excluding hydrogens is 308 g/mol. The summed E-state index contributed by atoms with van der Waals surface area (Å²) in [7, 11) is 0. The molecular formula is C18H26N2O4. The van der Waals surface area contributed by atoms with Crippen molar-refractivity contribution >= 4 is 11.9 Å². The molecule has 6 nitrogen and oxygen atoms in total. The quantitative estimate of drug-likeness (QED) is 0.823. The van der Waals surface area contributed by atoms with Crippen LogP contribution in [0.15, 0.2) is 24.3 Å². The first-order valence-corrected chi connectivity index (χ1v) is 8.42. The van der Waals surface area contributed by atoms with E-state index in [1.54, 1.807) is 6.92 Å². The fourth-order valence-corrected chi connectivity index (χ4v) is 2.85. The molecule has 0 radical (unpaired) electrons. The van der Waals surface area contributed by atoms with Crippen molar-refractivity contribution in [1.29, 1.82) is 0 Å². The number of nitrogens with zero attached hydrogens (tertiary/aromatic N) is 2. The Balaban J connectivity index is 1.76. The van der Waals surface area contributed by atoms with Gasteiger partial charge in [0.25, 0.3) is 5.91 Å². The highest BCUT2D eigenvalue weighted by Gasteiger charge is 2.25. The zero-order chi connectivity index (χ0) is 17.5. The Kier molecular flexibility index (Phi) is 6.61. The molecule has 132 valence electrons. The largest absolute Gasteiger partial charge is 0.481 e. The number of carbonyl (C=O) groups excluding carboxylic acids is 1. The molecule has 1 amide bonds. The first-order valence-electron chi connectivity index (χ1n) is 8.42. The van der Waals surface area contributed by atoms with Gasteiger partial charge in [-0.2, -0.15) is 0 Å². The maximum Gasteiger partial charge on any atom is 0.303 e. The number of hydrogen-bond acceptors (Lipinski definition) is 4. The van der Waals surface area contributed by atoms with E-state index in [4.69, 9.17) is 9.84 Å². The highest BCUT2D eigenvalue weighted by atomic mass is 16.5. The molecule has 1 heterocycles. The molecule has 1 unspecified atom stereocenters. The van der Waals surface area contributed by atoms with Crippen LogP contribution in [0.5, 0.6) is 5.75 Å². The Labute approximate surface area is 143 Å². The first-order chi connectivity index (χ1) is 11.5. The molecule has 1 aliphatic heterocycles. The second-order valence-corrected chi connectivity index (χ2v) is 6.24. The normalized spacial score (nSPS) is 16.7. The van der Waals surface area contributed by atoms with Gasteiger partial charge >= 0.3 is 5.97 Å². The number of hydrogen-bond donors (Lipinski definition) is 1. The summed E-state index contributed by atoms with van der Waals surface area (Å²) in [4.78, 5) is 27.1. The van der Waals surface area contributed by atoms with Gasteiger partial charge in [0.15, 0.2) is 6.10 Å². The van der Waals surface area contributed by atoms with Crippen LogP contribution in [0.4, 0.5) is 0 Å². The summed E-state index contributed by atoms with van der Waals surface area (Å²) >= 11 is 0. The molecule has 2 rings (SSSR count). The van der Waals surface area contributed by atoms with Gasteiger partial charge in [0, 0.05) is 32.6 Å². The second kappa shape index (κ2) is 8.68. The molecule has 1 aromatic carbocycles. The van der Waals surface area contributed by atoms with Gasteiger partial charge in [-0.1, -0.05) is 12.1 Å². The van der Waals surface area contributed by atoms with Gasteiger partial charge < -0.3 is 14.7 Å². The summed E-state index contributed by atoms with van der Waals surface area (Å²) in [5.41, 5.74) is 1.10. The monoisotopic (exact) mass is 334 g/mol. The SMILES string of the molecule is Cc1cccc(OC(C)C(=O)N2CCN(CCCC(=O)O)CC2)c1. The smallest absolute Gasteiger partial charge is 0.303 e. The lowest BCUT2D eigenvalue weighted by Crippen LogP contribution is -2.52. The lowest BCUT2D eigenvalue weighted by atomic mass is 10.2. The average Bonchev–Trinajstić information content (AvgIpc) is 2.54. The van der Waals surface area contributed by atoms with E-state index in [2.05, 4.69) is 4.90 Å². The van der Waals surface area contributed by atoms with Crippen molar-refractivity contribution in [2.75, 3.05) is 32.7 Å². The van der Waals surface area contributed by atoms with Crippen molar-refractivity contribution in [1.82, 2.24) is 9.80 Å². The molecule has 1 saturated heterocycles. The fraction of sp³-hybridized carbons (Fsp3) is 0.556. The lowest BCUT2D eigenvalue weighted by molar-refractivity contribution is -0.139. The van der Waals surface area contributed by atoms with Crippen molar-refractivity contribution in [2.24, 2.45) is 0 Å². The van der Waals surface area contributed by atoms with E-state index >= 15 is 0 Å². The number of piperazine rings is 1. The van der Waals surface area contributed by atoms with Gasteiger partial charge in [-0.05, 0) is 44.5 Å². The summed E-state index contributed by atoms with van der Waals surface area (Å²) in [6.07, 6.45) is 0.335. The molecule has 0 bridgehead atoms. The lowest BCUT2D eigenvalue weighted by Gasteiger charge is -2.35. The van der Waals surface area contributed by atoms with Crippen LogP contribution < -0.4 is 4.74 Å². The van der Waals surface area contributed by atoms with E-state index in [-0.39, 0.29) is 12.3 Å². The standard InChI is InChI=1S/C18H26N2O4/c1-14-5-3-6-16(13-14)24-15(2)18(23)20-11-9-19(10-12-20)8-4-7-17(21)22/h3,5-6,13,15H,4,7-12H2,1-2H3,(H,21,22). The topological polar surface area (TPSA) is 70.1 Å². The minimum Gasteiger partial charge on any atom is -0.481 e. The maximum absolute atomic E-state index is 12.5. The van der Waals surface area contributed by atoms with E-state index in [0.717, 1.165) is 25.2 Å². The number of carbonyl (C=O) groups is 2. The van der Waals surface area contributed by atoms with Crippen LogP contribution in [0.1, 0.15) is 25.3 Å². The first kappa shape index (κ1) is 18.3. The highest BCUT2D eigenvalue weighted by molar-refractivity contribution is 5.81. The molecule has 6 heteroatoms. The minimum atomic E-state index is -0.758. The van der Waals surface area contributed by atoms with Gasteiger partial charge in [-0.25, -0.2) is 0 Å². The zero-order valence-corrected chi connectivity index (χ0v) is 14.4. The summed E-state index contributed by atoms with van der Waals surface area (Å²) in [6, 6.07) is 7.68. The van der Waals surface area contributed by atoms with Crippen LogP contribution in [0.25, 0.3) is 0 Å². The van der Waals surface area contributed by atoms with E-state index in [1.165, 1.54) is 0 Å². The van der Waals surface area contributed by atoms with Crippen molar-refractivity contribution in [2.45, 2.75) is 32.8 Å². The van der Waals surface area contributed by atoms with Crippen LogP contribution in [0.2, 0.25) is 0 Å². The van der Waals surface area contributed by atoms with E-state index in [1.807, 2.05) is 36.1 Å². The fourth-order valence-electron chi connectivity index (χ4n) is 2.85. The predicted molar refractivity (Wildman–Crippen MR) is 91.2 cm³/mol. The molecule has 0 spiro atoms. The predicted octanol–water partition coefficient (Wildman–Crippen LogP) is 1.77.